The summed E-state index contributed by atoms with van der Waals surface area (Å²) in [6.07, 6.45) is 4.14. The standard InChI is InChI=1S/C12H23NO2/c1-9-5-4-6-10(2)13(9)12(15)8-7-11(3)14/h9-11,14H,4-8H2,1-3H3/t9-,10+,11?. The topological polar surface area (TPSA) is 40.5 Å². The third-order valence-corrected chi connectivity index (χ3v) is 3.26. The van der Waals surface area contributed by atoms with E-state index in [2.05, 4.69) is 13.8 Å². The number of carbonyl (C=O) groups excluding carboxylic acids is 1. The summed E-state index contributed by atoms with van der Waals surface area (Å²) in [7, 11) is 0. The quantitative estimate of drug-likeness (QED) is 0.778. The van der Waals surface area contributed by atoms with Crippen LogP contribution in [0.3, 0.4) is 0 Å². The molecule has 1 unspecified atom stereocenters. The van der Waals surface area contributed by atoms with Gasteiger partial charge in [0.15, 0.2) is 0 Å². The number of piperidine rings is 1. The summed E-state index contributed by atoms with van der Waals surface area (Å²) in [4.78, 5) is 13.9. The van der Waals surface area contributed by atoms with Crippen LogP contribution in [-0.4, -0.2) is 34.1 Å². The molecule has 1 aliphatic heterocycles. The number of rotatable bonds is 3. The number of hydrogen-bond donors (Lipinski definition) is 1. The first-order chi connectivity index (χ1) is 7.02. The normalized spacial score (nSPS) is 28.9. The molecular weight excluding hydrogens is 190 g/mol. The molecule has 1 rings (SSSR count). The number of carbonyl (C=O) groups is 1. The molecule has 1 heterocycles. The van der Waals surface area contributed by atoms with Gasteiger partial charge in [0, 0.05) is 18.5 Å². The lowest BCUT2D eigenvalue weighted by Gasteiger charge is -2.39. The van der Waals surface area contributed by atoms with E-state index in [9.17, 15) is 4.79 Å². The molecular formula is C12H23NO2. The van der Waals surface area contributed by atoms with E-state index in [1.54, 1.807) is 6.92 Å². The predicted molar refractivity (Wildman–Crippen MR) is 60.5 cm³/mol. The van der Waals surface area contributed by atoms with E-state index in [0.29, 0.717) is 24.9 Å². The molecule has 15 heavy (non-hydrogen) atoms. The highest BCUT2D eigenvalue weighted by atomic mass is 16.3. The van der Waals surface area contributed by atoms with Crippen LogP contribution in [0.5, 0.6) is 0 Å². The second-order valence-corrected chi connectivity index (χ2v) is 4.82. The van der Waals surface area contributed by atoms with Crippen molar-refractivity contribution in [1.29, 1.82) is 0 Å². The van der Waals surface area contributed by atoms with Crippen LogP contribution in [0, 0.1) is 0 Å². The molecule has 0 aromatic rings. The van der Waals surface area contributed by atoms with E-state index in [-0.39, 0.29) is 12.0 Å². The smallest absolute Gasteiger partial charge is 0.223 e. The van der Waals surface area contributed by atoms with Crippen LogP contribution in [0.4, 0.5) is 0 Å². The Morgan fingerprint density at radius 2 is 1.93 bits per heavy atom. The maximum atomic E-state index is 11.9. The molecule has 0 spiro atoms. The molecule has 0 bridgehead atoms. The molecule has 0 aliphatic carbocycles. The van der Waals surface area contributed by atoms with Gasteiger partial charge in [-0.1, -0.05) is 0 Å². The van der Waals surface area contributed by atoms with Gasteiger partial charge in [-0.05, 0) is 46.5 Å². The van der Waals surface area contributed by atoms with Crippen molar-refractivity contribution >= 4 is 5.91 Å². The lowest BCUT2D eigenvalue weighted by Crippen LogP contribution is -2.47. The van der Waals surface area contributed by atoms with Gasteiger partial charge in [-0.15, -0.1) is 0 Å². The largest absolute Gasteiger partial charge is 0.393 e. The van der Waals surface area contributed by atoms with Crippen LogP contribution < -0.4 is 0 Å². The highest BCUT2D eigenvalue weighted by molar-refractivity contribution is 5.77. The fourth-order valence-corrected chi connectivity index (χ4v) is 2.37. The first-order valence-electron chi connectivity index (χ1n) is 6.01. The highest BCUT2D eigenvalue weighted by Gasteiger charge is 2.28. The summed E-state index contributed by atoms with van der Waals surface area (Å²) >= 11 is 0. The number of aliphatic hydroxyl groups excluding tert-OH is 1. The van der Waals surface area contributed by atoms with E-state index < -0.39 is 0 Å². The molecule has 3 atom stereocenters. The molecule has 3 heteroatoms. The predicted octanol–water partition coefficient (Wildman–Crippen LogP) is 1.94. The average Bonchev–Trinajstić information content (AvgIpc) is 2.14. The Hall–Kier alpha value is -0.570. The third kappa shape index (κ3) is 3.49. The van der Waals surface area contributed by atoms with E-state index in [0.717, 1.165) is 12.8 Å². The van der Waals surface area contributed by atoms with Gasteiger partial charge in [0.05, 0.1) is 6.10 Å². The van der Waals surface area contributed by atoms with E-state index in [1.165, 1.54) is 6.42 Å². The van der Waals surface area contributed by atoms with Crippen LogP contribution in [-0.2, 0) is 4.79 Å². The van der Waals surface area contributed by atoms with Gasteiger partial charge in [0.1, 0.15) is 0 Å². The first-order valence-corrected chi connectivity index (χ1v) is 6.01. The van der Waals surface area contributed by atoms with E-state index >= 15 is 0 Å². The third-order valence-electron chi connectivity index (χ3n) is 3.26. The monoisotopic (exact) mass is 213 g/mol. The maximum Gasteiger partial charge on any atom is 0.223 e. The van der Waals surface area contributed by atoms with Gasteiger partial charge in [0.25, 0.3) is 0 Å². The minimum Gasteiger partial charge on any atom is -0.393 e. The van der Waals surface area contributed by atoms with Crippen LogP contribution in [0.2, 0.25) is 0 Å². The molecule has 1 N–H and O–H groups in total. The van der Waals surface area contributed by atoms with Crippen molar-refractivity contribution in [3.63, 3.8) is 0 Å². The Morgan fingerprint density at radius 3 is 2.40 bits per heavy atom. The summed E-state index contributed by atoms with van der Waals surface area (Å²) in [5.41, 5.74) is 0. The summed E-state index contributed by atoms with van der Waals surface area (Å²) < 4.78 is 0. The summed E-state index contributed by atoms with van der Waals surface area (Å²) in [5, 5.41) is 9.16. The molecule has 0 radical (unpaired) electrons. The molecule has 88 valence electrons. The Labute approximate surface area is 92.5 Å². The Bertz CT molecular complexity index is 206. The second kappa shape index (κ2) is 5.50. The second-order valence-electron chi connectivity index (χ2n) is 4.82. The van der Waals surface area contributed by atoms with Crippen molar-refractivity contribution in [3.05, 3.63) is 0 Å². The fraction of sp³-hybridized carbons (Fsp3) is 0.917. The molecule has 1 aliphatic rings. The van der Waals surface area contributed by atoms with E-state index in [4.69, 9.17) is 5.11 Å². The highest BCUT2D eigenvalue weighted by Crippen LogP contribution is 2.23. The number of likely N-dealkylation sites (tertiary alicyclic amines) is 1. The van der Waals surface area contributed by atoms with Crippen molar-refractivity contribution < 1.29 is 9.90 Å². The summed E-state index contributed by atoms with van der Waals surface area (Å²) in [5.74, 6) is 0.204. The first kappa shape index (κ1) is 12.5. The van der Waals surface area contributed by atoms with Crippen LogP contribution in [0.1, 0.15) is 52.9 Å². The number of nitrogens with zero attached hydrogens (tertiary/aromatic N) is 1. The zero-order valence-electron chi connectivity index (χ0n) is 10.1. The maximum absolute atomic E-state index is 11.9. The van der Waals surface area contributed by atoms with Gasteiger partial charge in [-0.2, -0.15) is 0 Å². The van der Waals surface area contributed by atoms with Crippen molar-refractivity contribution in [2.45, 2.75) is 71.1 Å². The van der Waals surface area contributed by atoms with Gasteiger partial charge >= 0.3 is 0 Å². The lowest BCUT2D eigenvalue weighted by molar-refractivity contribution is -0.137. The zero-order valence-corrected chi connectivity index (χ0v) is 10.1. The molecule has 1 saturated heterocycles. The Morgan fingerprint density at radius 1 is 1.40 bits per heavy atom. The summed E-state index contributed by atoms with van der Waals surface area (Å²) in [6.45, 7) is 5.97. The zero-order chi connectivity index (χ0) is 11.4. The molecule has 0 aromatic carbocycles. The summed E-state index contributed by atoms with van der Waals surface area (Å²) in [6, 6.07) is 0.741. The van der Waals surface area contributed by atoms with Gasteiger partial charge in [-0.3, -0.25) is 4.79 Å². The van der Waals surface area contributed by atoms with Crippen molar-refractivity contribution in [3.8, 4) is 0 Å². The van der Waals surface area contributed by atoms with Crippen molar-refractivity contribution in [2.24, 2.45) is 0 Å². The molecule has 1 amide bonds. The molecule has 1 fully saturated rings. The minimum atomic E-state index is -0.371. The Balaban J connectivity index is 2.48. The molecule has 3 nitrogen and oxygen atoms in total. The van der Waals surface area contributed by atoms with Crippen LogP contribution in [0.15, 0.2) is 0 Å². The van der Waals surface area contributed by atoms with Crippen molar-refractivity contribution in [1.82, 2.24) is 4.90 Å². The van der Waals surface area contributed by atoms with Gasteiger partial charge in [0.2, 0.25) is 5.91 Å². The number of amides is 1. The SMILES string of the molecule is CC(O)CCC(=O)N1[C@H](C)CCC[C@@H]1C. The molecule has 0 saturated carbocycles. The van der Waals surface area contributed by atoms with E-state index in [1.807, 2.05) is 4.90 Å². The molecule has 0 aromatic heterocycles. The van der Waals surface area contributed by atoms with Crippen LogP contribution in [0.25, 0.3) is 0 Å². The Kier molecular flexibility index (Phi) is 4.58. The van der Waals surface area contributed by atoms with Gasteiger partial charge in [-0.25, -0.2) is 0 Å². The number of aliphatic hydroxyl groups is 1. The fourth-order valence-electron chi connectivity index (χ4n) is 2.37. The average molecular weight is 213 g/mol. The van der Waals surface area contributed by atoms with Crippen molar-refractivity contribution in [2.75, 3.05) is 0 Å². The lowest BCUT2D eigenvalue weighted by atomic mass is 9.97. The van der Waals surface area contributed by atoms with Gasteiger partial charge < -0.3 is 10.0 Å². The minimum absolute atomic E-state index is 0.204. The van der Waals surface area contributed by atoms with Crippen LogP contribution >= 0.6 is 0 Å². The number of hydrogen-bond acceptors (Lipinski definition) is 2.